The minimum absolute atomic E-state index is 0.243. The van der Waals surface area contributed by atoms with Gasteiger partial charge in [-0.15, -0.1) is 0 Å². The van der Waals surface area contributed by atoms with Crippen LogP contribution in [0.4, 0.5) is 0 Å². The number of methoxy groups -OCH3 is 1. The number of ether oxygens (including phenoxy) is 3. The zero-order valence-corrected chi connectivity index (χ0v) is 11.1. The molecule has 1 aliphatic heterocycles. The average Bonchev–Trinajstić information content (AvgIpc) is 2.29. The van der Waals surface area contributed by atoms with E-state index in [0.29, 0.717) is 32.4 Å². The molecule has 3 unspecified atom stereocenters. The van der Waals surface area contributed by atoms with Crippen LogP contribution in [0.5, 0.6) is 0 Å². The molecule has 5 nitrogen and oxygen atoms in total. The van der Waals surface area contributed by atoms with Gasteiger partial charge in [-0.05, 0) is 13.8 Å². The summed E-state index contributed by atoms with van der Waals surface area (Å²) in [6.45, 7) is 7.88. The van der Waals surface area contributed by atoms with E-state index >= 15 is 0 Å². The van der Waals surface area contributed by atoms with E-state index in [1.165, 1.54) is 0 Å². The van der Waals surface area contributed by atoms with Crippen LogP contribution in [-0.4, -0.2) is 74.9 Å². The second-order valence-electron chi connectivity index (χ2n) is 4.67. The largest absolute Gasteiger partial charge is 0.389 e. The Balaban J connectivity index is 2.17. The third-order valence-corrected chi connectivity index (χ3v) is 2.92. The van der Waals surface area contributed by atoms with Gasteiger partial charge in [0, 0.05) is 26.2 Å². The number of nitrogens with zero attached hydrogens (tertiary/aromatic N) is 1. The number of hydrogen-bond donors (Lipinski definition) is 1. The van der Waals surface area contributed by atoms with Gasteiger partial charge in [0.25, 0.3) is 0 Å². The fraction of sp³-hybridized carbons (Fsp3) is 1.00. The lowest BCUT2D eigenvalue weighted by Crippen LogP contribution is -2.50. The van der Waals surface area contributed by atoms with E-state index in [1.807, 2.05) is 0 Å². The SMILES string of the molecule is COCCOCC(O)CN1CC(C)OCC1C. The highest BCUT2D eigenvalue weighted by atomic mass is 16.5. The maximum absolute atomic E-state index is 9.86. The van der Waals surface area contributed by atoms with Crippen LogP contribution in [0.3, 0.4) is 0 Å². The van der Waals surface area contributed by atoms with Crippen LogP contribution in [0.1, 0.15) is 13.8 Å². The number of hydrogen-bond acceptors (Lipinski definition) is 5. The molecule has 1 saturated heterocycles. The summed E-state index contributed by atoms with van der Waals surface area (Å²) < 4.78 is 15.7. The van der Waals surface area contributed by atoms with Crippen molar-refractivity contribution in [2.45, 2.75) is 32.1 Å². The molecule has 0 aromatic carbocycles. The highest BCUT2D eigenvalue weighted by Crippen LogP contribution is 2.11. The Hall–Kier alpha value is -0.200. The molecule has 3 atom stereocenters. The van der Waals surface area contributed by atoms with Crippen molar-refractivity contribution in [3.8, 4) is 0 Å². The van der Waals surface area contributed by atoms with Gasteiger partial charge in [-0.2, -0.15) is 0 Å². The number of rotatable bonds is 7. The molecule has 0 radical (unpaired) electrons. The van der Waals surface area contributed by atoms with Crippen molar-refractivity contribution < 1.29 is 19.3 Å². The van der Waals surface area contributed by atoms with Crippen LogP contribution in [0, 0.1) is 0 Å². The maximum atomic E-state index is 9.86. The highest BCUT2D eigenvalue weighted by molar-refractivity contribution is 4.77. The predicted octanol–water partition coefficient (Wildman–Crippen LogP) is 0.120. The molecule has 0 saturated carbocycles. The van der Waals surface area contributed by atoms with E-state index < -0.39 is 6.10 Å². The Morgan fingerprint density at radius 3 is 2.88 bits per heavy atom. The molecule has 17 heavy (non-hydrogen) atoms. The van der Waals surface area contributed by atoms with Crippen LogP contribution in [-0.2, 0) is 14.2 Å². The van der Waals surface area contributed by atoms with E-state index in [0.717, 1.165) is 13.2 Å². The molecule has 0 aromatic rings. The average molecular weight is 247 g/mol. The summed E-state index contributed by atoms with van der Waals surface area (Å²) in [6, 6.07) is 0.361. The lowest BCUT2D eigenvalue weighted by molar-refractivity contribution is -0.0717. The van der Waals surface area contributed by atoms with E-state index in [9.17, 15) is 5.11 Å². The molecule has 1 N–H and O–H groups in total. The van der Waals surface area contributed by atoms with Crippen molar-refractivity contribution in [3.05, 3.63) is 0 Å². The first kappa shape index (κ1) is 14.9. The molecular weight excluding hydrogens is 222 g/mol. The van der Waals surface area contributed by atoms with Crippen molar-refractivity contribution in [2.24, 2.45) is 0 Å². The zero-order chi connectivity index (χ0) is 12.7. The Labute approximate surface area is 104 Å². The lowest BCUT2D eigenvalue weighted by Gasteiger charge is -2.37. The molecule has 102 valence electrons. The third kappa shape index (κ3) is 5.79. The molecule has 0 spiro atoms. The van der Waals surface area contributed by atoms with Crippen LogP contribution in [0.2, 0.25) is 0 Å². The van der Waals surface area contributed by atoms with Gasteiger partial charge >= 0.3 is 0 Å². The monoisotopic (exact) mass is 247 g/mol. The molecule has 0 bridgehead atoms. The molecule has 1 fully saturated rings. The zero-order valence-electron chi connectivity index (χ0n) is 11.1. The van der Waals surface area contributed by atoms with Crippen LogP contribution >= 0.6 is 0 Å². The molecular formula is C12H25NO4. The lowest BCUT2D eigenvalue weighted by atomic mass is 10.2. The smallest absolute Gasteiger partial charge is 0.0900 e. The standard InChI is InChI=1S/C12H25NO4/c1-10-8-17-11(2)6-13(10)7-12(14)9-16-5-4-15-3/h10-12,14H,4-9H2,1-3H3. The fourth-order valence-corrected chi connectivity index (χ4v) is 1.91. The Bertz CT molecular complexity index is 203. The van der Waals surface area contributed by atoms with Gasteiger partial charge in [-0.3, -0.25) is 4.90 Å². The predicted molar refractivity (Wildman–Crippen MR) is 65.2 cm³/mol. The van der Waals surface area contributed by atoms with Crippen molar-refractivity contribution in [1.82, 2.24) is 4.90 Å². The van der Waals surface area contributed by atoms with Gasteiger partial charge in [0.05, 0.1) is 38.6 Å². The number of morpholine rings is 1. The summed E-state index contributed by atoms with van der Waals surface area (Å²) in [5.74, 6) is 0. The summed E-state index contributed by atoms with van der Waals surface area (Å²) >= 11 is 0. The van der Waals surface area contributed by atoms with E-state index in [-0.39, 0.29) is 6.10 Å². The number of aliphatic hydroxyl groups excluding tert-OH is 1. The maximum Gasteiger partial charge on any atom is 0.0900 e. The second-order valence-corrected chi connectivity index (χ2v) is 4.67. The van der Waals surface area contributed by atoms with Gasteiger partial charge in [0.2, 0.25) is 0 Å². The molecule has 1 rings (SSSR count). The normalized spacial score (nSPS) is 28.2. The summed E-state index contributed by atoms with van der Waals surface area (Å²) in [5.41, 5.74) is 0. The first-order valence-corrected chi connectivity index (χ1v) is 6.24. The van der Waals surface area contributed by atoms with Crippen LogP contribution in [0.25, 0.3) is 0 Å². The fourth-order valence-electron chi connectivity index (χ4n) is 1.91. The Morgan fingerprint density at radius 2 is 2.18 bits per heavy atom. The van der Waals surface area contributed by atoms with Crippen molar-refractivity contribution >= 4 is 0 Å². The van der Waals surface area contributed by atoms with Crippen LogP contribution < -0.4 is 0 Å². The van der Waals surface area contributed by atoms with Crippen LogP contribution in [0.15, 0.2) is 0 Å². The highest BCUT2D eigenvalue weighted by Gasteiger charge is 2.25. The van der Waals surface area contributed by atoms with E-state index in [1.54, 1.807) is 7.11 Å². The molecule has 0 amide bonds. The molecule has 1 heterocycles. The number of β-amino-alcohol motifs (C(OH)–C–C–N with tert-alkyl or cyclic N) is 1. The summed E-state index contributed by atoms with van der Waals surface area (Å²) in [4.78, 5) is 2.25. The minimum atomic E-state index is -0.445. The van der Waals surface area contributed by atoms with Gasteiger partial charge in [-0.1, -0.05) is 0 Å². The summed E-state index contributed by atoms with van der Waals surface area (Å²) in [5, 5.41) is 9.86. The molecule has 0 aromatic heterocycles. The molecule has 5 heteroatoms. The Morgan fingerprint density at radius 1 is 1.41 bits per heavy atom. The van der Waals surface area contributed by atoms with Crippen molar-refractivity contribution in [2.75, 3.05) is 46.6 Å². The molecule has 0 aliphatic carbocycles. The van der Waals surface area contributed by atoms with Crippen molar-refractivity contribution in [1.29, 1.82) is 0 Å². The van der Waals surface area contributed by atoms with Gasteiger partial charge in [0.1, 0.15) is 0 Å². The third-order valence-electron chi connectivity index (χ3n) is 2.92. The topological polar surface area (TPSA) is 51.2 Å². The van der Waals surface area contributed by atoms with E-state index in [4.69, 9.17) is 14.2 Å². The van der Waals surface area contributed by atoms with E-state index in [2.05, 4.69) is 18.7 Å². The number of aliphatic hydroxyl groups is 1. The van der Waals surface area contributed by atoms with Gasteiger partial charge in [-0.25, -0.2) is 0 Å². The first-order valence-electron chi connectivity index (χ1n) is 6.24. The van der Waals surface area contributed by atoms with Crippen molar-refractivity contribution in [3.63, 3.8) is 0 Å². The van der Waals surface area contributed by atoms with Gasteiger partial charge in [0.15, 0.2) is 0 Å². The minimum Gasteiger partial charge on any atom is -0.389 e. The second kappa shape index (κ2) is 8.00. The summed E-state index contributed by atoms with van der Waals surface area (Å²) in [7, 11) is 1.64. The van der Waals surface area contributed by atoms with Gasteiger partial charge < -0.3 is 19.3 Å². The first-order chi connectivity index (χ1) is 8.13. The molecule has 1 aliphatic rings. The Kier molecular flexibility index (Phi) is 6.99. The summed E-state index contributed by atoms with van der Waals surface area (Å²) in [6.07, 6.45) is -0.201. The quantitative estimate of drug-likeness (QED) is 0.648.